The molecule has 3 heterocycles. The Balaban J connectivity index is 1.38. The van der Waals surface area contributed by atoms with Crippen molar-refractivity contribution in [3.63, 3.8) is 0 Å². The van der Waals surface area contributed by atoms with E-state index in [0.717, 1.165) is 70.1 Å². The summed E-state index contributed by atoms with van der Waals surface area (Å²) in [6, 6.07) is 11.5. The van der Waals surface area contributed by atoms with E-state index in [1.165, 1.54) is 5.56 Å². The first-order valence-corrected chi connectivity index (χ1v) is 10.3. The summed E-state index contributed by atoms with van der Waals surface area (Å²) in [4.78, 5) is 21.5. The monoisotopic (exact) mass is 395 g/mol. The Bertz CT molecular complexity index is 802. The lowest BCUT2D eigenvalue weighted by Crippen LogP contribution is -2.48. The molecule has 1 aromatic carbocycles. The summed E-state index contributed by atoms with van der Waals surface area (Å²) in [5.74, 6) is 0.870. The van der Waals surface area contributed by atoms with E-state index in [4.69, 9.17) is 9.47 Å². The van der Waals surface area contributed by atoms with Crippen LogP contribution in [0.1, 0.15) is 28.8 Å². The minimum absolute atomic E-state index is 0.102. The van der Waals surface area contributed by atoms with Crippen LogP contribution in [0.15, 0.2) is 48.8 Å². The molecule has 2 saturated heterocycles. The van der Waals surface area contributed by atoms with Crippen molar-refractivity contribution in [3.8, 4) is 5.75 Å². The van der Waals surface area contributed by atoms with Gasteiger partial charge < -0.3 is 14.4 Å². The van der Waals surface area contributed by atoms with Crippen LogP contribution in [0, 0.1) is 5.41 Å². The van der Waals surface area contributed by atoms with Crippen LogP contribution in [-0.2, 0) is 11.3 Å². The zero-order valence-corrected chi connectivity index (χ0v) is 17.0. The molecule has 154 valence electrons. The largest absolute Gasteiger partial charge is 0.497 e. The van der Waals surface area contributed by atoms with Crippen molar-refractivity contribution in [1.82, 2.24) is 14.8 Å². The third kappa shape index (κ3) is 4.77. The van der Waals surface area contributed by atoms with Gasteiger partial charge in [0.05, 0.1) is 20.3 Å². The lowest BCUT2D eigenvalue weighted by molar-refractivity contribution is 0.0145. The number of hydrogen-bond acceptors (Lipinski definition) is 5. The molecule has 6 nitrogen and oxygen atoms in total. The van der Waals surface area contributed by atoms with Gasteiger partial charge in [0.1, 0.15) is 5.75 Å². The van der Waals surface area contributed by atoms with E-state index in [2.05, 4.69) is 22.0 Å². The summed E-state index contributed by atoms with van der Waals surface area (Å²) < 4.78 is 11.2. The first-order chi connectivity index (χ1) is 14.2. The number of aromatic nitrogens is 1. The number of hydrogen-bond donors (Lipinski definition) is 0. The SMILES string of the molecule is COc1ccc(C(=O)N2CCC3(CC2)COCCN(Cc2ccncc2)C3)cc1. The summed E-state index contributed by atoms with van der Waals surface area (Å²) in [7, 11) is 1.63. The van der Waals surface area contributed by atoms with Crippen LogP contribution in [0.5, 0.6) is 5.75 Å². The fourth-order valence-corrected chi connectivity index (χ4v) is 4.37. The fraction of sp³-hybridized carbons (Fsp3) is 0.478. The molecular weight excluding hydrogens is 366 g/mol. The molecule has 0 bridgehead atoms. The molecule has 2 aliphatic heterocycles. The highest BCUT2D eigenvalue weighted by molar-refractivity contribution is 5.94. The molecule has 29 heavy (non-hydrogen) atoms. The molecule has 2 aliphatic rings. The molecule has 0 radical (unpaired) electrons. The Morgan fingerprint density at radius 3 is 2.52 bits per heavy atom. The maximum atomic E-state index is 12.9. The highest BCUT2D eigenvalue weighted by atomic mass is 16.5. The number of rotatable bonds is 4. The van der Waals surface area contributed by atoms with E-state index in [1.54, 1.807) is 7.11 Å². The van der Waals surface area contributed by atoms with Gasteiger partial charge in [-0.2, -0.15) is 0 Å². The zero-order chi connectivity index (χ0) is 20.1. The topological polar surface area (TPSA) is 54.9 Å². The molecule has 2 aromatic rings. The zero-order valence-electron chi connectivity index (χ0n) is 17.0. The first-order valence-electron chi connectivity index (χ1n) is 10.3. The Kier molecular flexibility index (Phi) is 6.11. The number of ether oxygens (including phenoxy) is 2. The van der Waals surface area contributed by atoms with Crippen LogP contribution in [0.4, 0.5) is 0 Å². The number of piperidine rings is 1. The van der Waals surface area contributed by atoms with Crippen LogP contribution in [0.3, 0.4) is 0 Å². The maximum absolute atomic E-state index is 12.9. The fourth-order valence-electron chi connectivity index (χ4n) is 4.37. The third-order valence-electron chi connectivity index (χ3n) is 6.12. The minimum Gasteiger partial charge on any atom is -0.497 e. The van der Waals surface area contributed by atoms with E-state index >= 15 is 0 Å². The molecule has 0 unspecified atom stereocenters. The molecule has 0 N–H and O–H groups in total. The summed E-state index contributed by atoms with van der Waals surface area (Å²) in [6.07, 6.45) is 5.65. The van der Waals surface area contributed by atoms with Gasteiger partial charge in [-0.25, -0.2) is 0 Å². The highest BCUT2D eigenvalue weighted by Crippen LogP contribution is 2.35. The predicted molar refractivity (Wildman–Crippen MR) is 111 cm³/mol. The van der Waals surface area contributed by atoms with Gasteiger partial charge in [0.2, 0.25) is 0 Å². The van der Waals surface area contributed by atoms with E-state index < -0.39 is 0 Å². The van der Waals surface area contributed by atoms with E-state index in [0.29, 0.717) is 0 Å². The molecule has 0 atom stereocenters. The van der Waals surface area contributed by atoms with Crippen LogP contribution < -0.4 is 4.74 Å². The van der Waals surface area contributed by atoms with Crippen LogP contribution in [-0.4, -0.2) is 67.2 Å². The number of carbonyl (C=O) groups excluding carboxylic acids is 1. The second-order valence-electron chi connectivity index (χ2n) is 8.14. The molecular formula is C23H29N3O3. The quantitative estimate of drug-likeness (QED) is 0.797. The van der Waals surface area contributed by atoms with Gasteiger partial charge in [-0.1, -0.05) is 0 Å². The van der Waals surface area contributed by atoms with E-state index in [1.807, 2.05) is 41.6 Å². The van der Waals surface area contributed by atoms with Gasteiger partial charge in [0.15, 0.2) is 0 Å². The molecule has 0 saturated carbocycles. The molecule has 0 aliphatic carbocycles. The third-order valence-corrected chi connectivity index (χ3v) is 6.12. The van der Waals surface area contributed by atoms with Crippen molar-refractivity contribution in [2.45, 2.75) is 19.4 Å². The number of likely N-dealkylation sites (tertiary alicyclic amines) is 1. The minimum atomic E-state index is 0.102. The second kappa shape index (κ2) is 8.93. The van der Waals surface area contributed by atoms with Gasteiger partial charge in [-0.3, -0.25) is 14.7 Å². The van der Waals surface area contributed by atoms with Crippen molar-refractivity contribution in [3.05, 3.63) is 59.9 Å². The predicted octanol–water partition coefficient (Wildman–Crippen LogP) is 2.85. The van der Waals surface area contributed by atoms with Crippen molar-refractivity contribution in [1.29, 1.82) is 0 Å². The maximum Gasteiger partial charge on any atom is 0.253 e. The number of pyridine rings is 1. The smallest absolute Gasteiger partial charge is 0.253 e. The molecule has 4 rings (SSSR count). The van der Waals surface area contributed by atoms with Gasteiger partial charge in [-0.15, -0.1) is 0 Å². The van der Waals surface area contributed by atoms with E-state index in [-0.39, 0.29) is 11.3 Å². The highest BCUT2D eigenvalue weighted by Gasteiger charge is 2.39. The van der Waals surface area contributed by atoms with Gasteiger partial charge >= 0.3 is 0 Å². The number of methoxy groups -OCH3 is 1. The molecule has 2 fully saturated rings. The van der Waals surface area contributed by atoms with Crippen molar-refractivity contribution < 1.29 is 14.3 Å². The Hall–Kier alpha value is -2.44. The molecule has 6 heteroatoms. The summed E-state index contributed by atoms with van der Waals surface area (Å²) in [5, 5.41) is 0. The molecule has 1 amide bonds. The molecule has 1 aromatic heterocycles. The normalized spacial score (nSPS) is 19.7. The number of nitrogens with zero attached hydrogens (tertiary/aromatic N) is 3. The molecule has 1 spiro atoms. The lowest BCUT2D eigenvalue weighted by Gasteiger charge is -2.42. The van der Waals surface area contributed by atoms with E-state index in [9.17, 15) is 4.79 Å². The average Bonchev–Trinajstić information content (AvgIpc) is 2.96. The summed E-state index contributed by atoms with van der Waals surface area (Å²) in [6.45, 7) is 5.97. The van der Waals surface area contributed by atoms with Gasteiger partial charge in [-0.05, 0) is 54.8 Å². The lowest BCUT2D eigenvalue weighted by atomic mass is 9.78. The van der Waals surface area contributed by atoms with Crippen LogP contribution in [0.2, 0.25) is 0 Å². The first kappa shape index (κ1) is 19.9. The standard InChI is InChI=1S/C23H29N3O3/c1-28-21-4-2-20(3-5-21)22(27)26-12-8-23(9-13-26)17-25(14-15-29-18-23)16-19-6-10-24-11-7-19/h2-7,10-11H,8-9,12-18H2,1H3. The second-order valence-corrected chi connectivity index (χ2v) is 8.14. The number of amides is 1. The van der Waals surface area contributed by atoms with Crippen LogP contribution >= 0.6 is 0 Å². The van der Waals surface area contributed by atoms with Crippen LogP contribution in [0.25, 0.3) is 0 Å². The number of benzene rings is 1. The van der Waals surface area contributed by atoms with Gasteiger partial charge in [0.25, 0.3) is 5.91 Å². The van der Waals surface area contributed by atoms with Crippen molar-refractivity contribution >= 4 is 5.91 Å². The van der Waals surface area contributed by atoms with Crippen molar-refractivity contribution in [2.75, 3.05) is 46.5 Å². The van der Waals surface area contributed by atoms with Crippen molar-refractivity contribution in [2.24, 2.45) is 5.41 Å². The van der Waals surface area contributed by atoms with Gasteiger partial charge in [0, 0.05) is 56.1 Å². The Morgan fingerprint density at radius 2 is 1.83 bits per heavy atom. The average molecular weight is 396 g/mol. The Morgan fingerprint density at radius 1 is 1.10 bits per heavy atom. The number of carbonyl (C=O) groups is 1. The summed E-state index contributed by atoms with van der Waals surface area (Å²) in [5.41, 5.74) is 2.13. The summed E-state index contributed by atoms with van der Waals surface area (Å²) >= 11 is 0. The Labute approximate surface area is 172 Å².